The number of hydrogen-bond acceptors (Lipinski definition) is 3. The number of nitrogens with zero attached hydrogens (tertiary/aromatic N) is 2. The molecular formula is C19H36N2O. The predicted molar refractivity (Wildman–Crippen MR) is 96.5 cm³/mol. The fourth-order valence-electron chi connectivity index (χ4n) is 2.95. The molecule has 0 aromatic heterocycles. The number of aliphatic hydroxyl groups is 1. The Balaban J connectivity index is 1.88. The Labute approximate surface area is 137 Å². The van der Waals surface area contributed by atoms with Crippen molar-refractivity contribution >= 4 is 6.21 Å². The minimum atomic E-state index is 0.162. The van der Waals surface area contributed by atoms with Crippen LogP contribution in [0.15, 0.2) is 17.1 Å². The standard InChI is InChI=1S/C19H36N2O/c1-2-3-4-5-6-7-8-9-10-11-12-13-14-19-20-15-16-21(19)17-18-22/h13-15,19,22H,2-12,16-18H2,1H3/b14-13+. The summed E-state index contributed by atoms with van der Waals surface area (Å²) in [5.74, 6) is 0. The molecule has 22 heavy (non-hydrogen) atoms. The van der Waals surface area contributed by atoms with Gasteiger partial charge in [0.2, 0.25) is 0 Å². The van der Waals surface area contributed by atoms with Crippen LogP contribution in [0, 0.1) is 0 Å². The average molecular weight is 309 g/mol. The Morgan fingerprint density at radius 2 is 1.68 bits per heavy atom. The summed E-state index contributed by atoms with van der Waals surface area (Å²) in [4.78, 5) is 6.62. The van der Waals surface area contributed by atoms with Crippen molar-refractivity contribution in [1.29, 1.82) is 0 Å². The normalized spacial score (nSPS) is 18.7. The zero-order valence-corrected chi connectivity index (χ0v) is 14.6. The molecule has 0 fully saturated rings. The monoisotopic (exact) mass is 308 g/mol. The smallest absolute Gasteiger partial charge is 0.121 e. The van der Waals surface area contributed by atoms with Crippen molar-refractivity contribution < 1.29 is 5.11 Å². The van der Waals surface area contributed by atoms with Crippen LogP contribution in [0.5, 0.6) is 0 Å². The Kier molecular flexibility index (Phi) is 12.3. The summed E-state index contributed by atoms with van der Waals surface area (Å²) in [7, 11) is 0. The van der Waals surface area contributed by atoms with Gasteiger partial charge in [-0.15, -0.1) is 0 Å². The van der Waals surface area contributed by atoms with Crippen LogP contribution in [0.2, 0.25) is 0 Å². The van der Waals surface area contributed by atoms with Gasteiger partial charge in [-0.3, -0.25) is 9.89 Å². The van der Waals surface area contributed by atoms with Gasteiger partial charge in [-0.2, -0.15) is 0 Å². The first-order valence-corrected chi connectivity index (χ1v) is 9.41. The highest BCUT2D eigenvalue weighted by Crippen LogP contribution is 2.12. The van der Waals surface area contributed by atoms with E-state index in [0.717, 1.165) is 13.0 Å². The first-order chi connectivity index (χ1) is 10.9. The fourth-order valence-corrected chi connectivity index (χ4v) is 2.95. The second-order valence-corrected chi connectivity index (χ2v) is 6.36. The van der Waals surface area contributed by atoms with E-state index in [0.29, 0.717) is 6.54 Å². The van der Waals surface area contributed by atoms with E-state index in [9.17, 15) is 0 Å². The van der Waals surface area contributed by atoms with Crippen LogP contribution in [0.1, 0.15) is 77.6 Å². The van der Waals surface area contributed by atoms with Crippen molar-refractivity contribution in [3.05, 3.63) is 12.2 Å². The second-order valence-electron chi connectivity index (χ2n) is 6.36. The highest BCUT2D eigenvalue weighted by molar-refractivity contribution is 5.62. The third kappa shape index (κ3) is 9.37. The lowest BCUT2D eigenvalue weighted by Gasteiger charge is -2.18. The first kappa shape index (κ1) is 19.4. The number of unbranched alkanes of at least 4 members (excludes halogenated alkanes) is 10. The molecule has 3 heteroatoms. The molecule has 0 aromatic carbocycles. The third-order valence-electron chi connectivity index (χ3n) is 4.37. The third-order valence-corrected chi connectivity index (χ3v) is 4.37. The van der Waals surface area contributed by atoms with Gasteiger partial charge in [0.25, 0.3) is 0 Å². The lowest BCUT2D eigenvalue weighted by atomic mass is 10.1. The molecule has 0 aromatic rings. The molecule has 1 heterocycles. The van der Waals surface area contributed by atoms with Crippen molar-refractivity contribution in [2.24, 2.45) is 4.99 Å². The molecule has 1 atom stereocenters. The molecule has 0 radical (unpaired) electrons. The summed E-state index contributed by atoms with van der Waals surface area (Å²) in [5, 5.41) is 9.00. The van der Waals surface area contributed by atoms with Gasteiger partial charge >= 0.3 is 0 Å². The van der Waals surface area contributed by atoms with Crippen molar-refractivity contribution in [2.45, 2.75) is 83.7 Å². The van der Waals surface area contributed by atoms with Crippen LogP contribution >= 0.6 is 0 Å². The van der Waals surface area contributed by atoms with Crippen molar-refractivity contribution in [1.82, 2.24) is 4.90 Å². The van der Waals surface area contributed by atoms with Crippen LogP contribution < -0.4 is 0 Å². The Bertz CT molecular complexity index is 302. The molecule has 0 bridgehead atoms. The summed E-state index contributed by atoms with van der Waals surface area (Å²) in [6.07, 6.45) is 21.6. The second kappa shape index (κ2) is 14.0. The summed E-state index contributed by atoms with van der Waals surface area (Å²) in [6.45, 7) is 4.07. The molecule has 0 spiro atoms. The number of aliphatic hydroxyl groups excluding tert-OH is 1. The van der Waals surface area contributed by atoms with Gasteiger partial charge in [0.05, 0.1) is 6.61 Å². The van der Waals surface area contributed by atoms with Crippen LogP contribution in [-0.4, -0.2) is 42.1 Å². The molecule has 1 N–H and O–H groups in total. The topological polar surface area (TPSA) is 35.8 Å². The molecule has 1 rings (SSSR count). The van der Waals surface area contributed by atoms with Gasteiger partial charge < -0.3 is 5.11 Å². The van der Waals surface area contributed by atoms with E-state index in [1.165, 1.54) is 64.2 Å². The molecule has 1 aliphatic heterocycles. The van der Waals surface area contributed by atoms with Gasteiger partial charge in [0.1, 0.15) is 6.17 Å². The summed E-state index contributed by atoms with van der Waals surface area (Å²) < 4.78 is 0. The average Bonchev–Trinajstić information content (AvgIpc) is 2.96. The summed E-state index contributed by atoms with van der Waals surface area (Å²) in [6, 6.07) is 0. The van der Waals surface area contributed by atoms with Gasteiger partial charge in [0.15, 0.2) is 0 Å². The molecule has 1 unspecified atom stereocenters. The van der Waals surface area contributed by atoms with E-state index < -0.39 is 0 Å². The van der Waals surface area contributed by atoms with E-state index in [1.54, 1.807) is 0 Å². The molecule has 3 nitrogen and oxygen atoms in total. The van der Waals surface area contributed by atoms with Crippen LogP contribution in [0.3, 0.4) is 0 Å². The van der Waals surface area contributed by atoms with Gasteiger partial charge in [-0.25, -0.2) is 0 Å². The number of rotatable bonds is 14. The van der Waals surface area contributed by atoms with Crippen molar-refractivity contribution in [3.8, 4) is 0 Å². The van der Waals surface area contributed by atoms with Crippen LogP contribution in [0.25, 0.3) is 0 Å². The molecular weight excluding hydrogens is 272 g/mol. The molecule has 0 aliphatic carbocycles. The Morgan fingerprint density at radius 3 is 2.32 bits per heavy atom. The zero-order chi connectivity index (χ0) is 15.9. The maximum atomic E-state index is 9.00. The van der Waals surface area contributed by atoms with Crippen molar-refractivity contribution in [2.75, 3.05) is 19.7 Å². The number of aliphatic imine (C=N–C) groups is 1. The van der Waals surface area contributed by atoms with E-state index in [4.69, 9.17) is 5.11 Å². The largest absolute Gasteiger partial charge is 0.395 e. The van der Waals surface area contributed by atoms with Gasteiger partial charge in [-0.1, -0.05) is 70.8 Å². The minimum absolute atomic E-state index is 0.162. The fraction of sp³-hybridized carbons (Fsp3) is 0.842. The first-order valence-electron chi connectivity index (χ1n) is 9.41. The van der Waals surface area contributed by atoms with Crippen LogP contribution in [-0.2, 0) is 0 Å². The minimum Gasteiger partial charge on any atom is -0.395 e. The molecule has 1 aliphatic rings. The van der Waals surface area contributed by atoms with E-state index >= 15 is 0 Å². The Hall–Kier alpha value is -0.670. The van der Waals surface area contributed by atoms with Crippen molar-refractivity contribution in [3.63, 3.8) is 0 Å². The predicted octanol–water partition coefficient (Wildman–Crippen LogP) is 4.56. The maximum Gasteiger partial charge on any atom is 0.121 e. The lowest BCUT2D eigenvalue weighted by molar-refractivity contribution is 0.201. The van der Waals surface area contributed by atoms with Gasteiger partial charge in [-0.05, 0) is 18.9 Å². The SMILES string of the molecule is CCCCCCCCCCCC/C=C/C1N=CCN1CCO. The molecule has 128 valence electrons. The van der Waals surface area contributed by atoms with E-state index in [-0.39, 0.29) is 12.8 Å². The van der Waals surface area contributed by atoms with Crippen LogP contribution in [0.4, 0.5) is 0 Å². The highest BCUT2D eigenvalue weighted by atomic mass is 16.3. The molecule has 0 saturated carbocycles. The maximum absolute atomic E-state index is 9.00. The Morgan fingerprint density at radius 1 is 1.05 bits per heavy atom. The highest BCUT2D eigenvalue weighted by Gasteiger charge is 2.16. The zero-order valence-electron chi connectivity index (χ0n) is 14.6. The van der Waals surface area contributed by atoms with E-state index in [1.807, 2.05) is 6.21 Å². The lowest BCUT2D eigenvalue weighted by Crippen LogP contribution is -2.31. The summed E-state index contributed by atoms with van der Waals surface area (Å²) >= 11 is 0. The summed E-state index contributed by atoms with van der Waals surface area (Å²) in [5.41, 5.74) is 0. The number of β-amino-alcohol motifs (C(OH)–C–C–N with tert-alkyl or cyclic N) is 1. The quantitative estimate of drug-likeness (QED) is 0.377. The molecule has 0 amide bonds. The number of allylic oxidation sites excluding steroid dienone is 1. The van der Waals surface area contributed by atoms with Gasteiger partial charge in [0, 0.05) is 19.3 Å². The molecule has 0 saturated heterocycles. The number of hydrogen-bond donors (Lipinski definition) is 1. The van der Waals surface area contributed by atoms with E-state index in [2.05, 4.69) is 29.0 Å².